The van der Waals surface area contributed by atoms with Gasteiger partial charge >= 0.3 is 0 Å². The Morgan fingerprint density at radius 2 is 1.95 bits per heavy atom. The minimum Gasteiger partial charge on any atom is -0.487 e. The number of ether oxygens (including phenoxy) is 1. The Hall–Kier alpha value is -0.320. The number of rotatable bonds is 2. The summed E-state index contributed by atoms with van der Waals surface area (Å²) in [4.78, 5) is 6.87. The average Bonchev–Trinajstić information content (AvgIpc) is 2.35. The van der Waals surface area contributed by atoms with Gasteiger partial charge in [0, 0.05) is 37.7 Å². The van der Waals surface area contributed by atoms with Crippen LogP contribution in [0.5, 0.6) is 5.75 Å². The number of halogens is 2. The molecule has 0 radical (unpaired) electrons. The van der Waals surface area contributed by atoms with E-state index in [9.17, 15) is 0 Å². The third-order valence-corrected chi connectivity index (χ3v) is 5.29. The highest BCUT2D eigenvalue weighted by Gasteiger charge is 2.48. The van der Waals surface area contributed by atoms with Crippen LogP contribution in [0.25, 0.3) is 0 Å². The summed E-state index contributed by atoms with van der Waals surface area (Å²) in [6.45, 7) is 3.79. The minimum absolute atomic E-state index is 0. The molecular formula is C14H18BrClN2O. The van der Waals surface area contributed by atoms with Gasteiger partial charge in [0.2, 0.25) is 0 Å². The Balaban J connectivity index is 0.00000110. The minimum atomic E-state index is 0. The predicted molar refractivity (Wildman–Crippen MR) is 79.7 cm³/mol. The van der Waals surface area contributed by atoms with Crippen molar-refractivity contribution in [1.82, 2.24) is 9.88 Å². The first-order chi connectivity index (χ1) is 8.79. The zero-order chi connectivity index (χ0) is 12.1. The van der Waals surface area contributed by atoms with Crippen molar-refractivity contribution in [3.63, 3.8) is 0 Å². The number of aromatic nitrogens is 1. The first-order valence-electron chi connectivity index (χ1n) is 6.79. The van der Waals surface area contributed by atoms with E-state index >= 15 is 0 Å². The first-order valence-corrected chi connectivity index (χ1v) is 7.58. The van der Waals surface area contributed by atoms with E-state index in [1.807, 2.05) is 12.1 Å². The summed E-state index contributed by atoms with van der Waals surface area (Å²) in [6.07, 6.45) is 4.91. The molecule has 19 heavy (non-hydrogen) atoms. The van der Waals surface area contributed by atoms with Gasteiger partial charge in [-0.2, -0.15) is 0 Å². The van der Waals surface area contributed by atoms with E-state index in [-0.39, 0.29) is 12.4 Å². The van der Waals surface area contributed by atoms with Crippen molar-refractivity contribution < 1.29 is 4.74 Å². The number of nitrogens with zero attached hydrogens (tertiary/aromatic N) is 2. The Bertz CT molecular complexity index is 443. The fourth-order valence-corrected chi connectivity index (χ4v) is 4.51. The molecule has 3 nitrogen and oxygen atoms in total. The van der Waals surface area contributed by atoms with Gasteiger partial charge in [0.25, 0.3) is 0 Å². The van der Waals surface area contributed by atoms with Crippen LogP contribution in [-0.4, -0.2) is 35.6 Å². The van der Waals surface area contributed by atoms with Crippen molar-refractivity contribution in [2.75, 3.05) is 19.6 Å². The van der Waals surface area contributed by atoms with Crippen molar-refractivity contribution in [3.05, 3.63) is 22.9 Å². The summed E-state index contributed by atoms with van der Waals surface area (Å²) in [5.41, 5.74) is 0. The molecule has 0 N–H and O–H groups in total. The summed E-state index contributed by atoms with van der Waals surface area (Å²) in [5, 5.41) is 0. The van der Waals surface area contributed by atoms with E-state index in [1.54, 1.807) is 6.20 Å². The van der Waals surface area contributed by atoms with Crippen molar-refractivity contribution in [2.45, 2.75) is 18.9 Å². The lowest BCUT2D eigenvalue weighted by Gasteiger charge is -2.55. The van der Waals surface area contributed by atoms with Crippen LogP contribution in [0.15, 0.2) is 22.9 Å². The van der Waals surface area contributed by atoms with Gasteiger partial charge in [-0.1, -0.05) is 0 Å². The molecule has 5 rings (SSSR count). The first kappa shape index (κ1) is 13.7. The largest absolute Gasteiger partial charge is 0.487 e. The van der Waals surface area contributed by atoms with Crippen molar-refractivity contribution in [3.8, 4) is 5.75 Å². The highest BCUT2D eigenvalue weighted by molar-refractivity contribution is 9.10. The fraction of sp³-hybridized carbons (Fsp3) is 0.643. The molecule has 1 aliphatic carbocycles. The lowest BCUT2D eigenvalue weighted by atomic mass is 9.66. The molecule has 0 spiro atoms. The number of pyridine rings is 1. The standard InChI is InChI=1S/C14H17BrN2O.ClH/c15-14-12(2-1-3-16-14)18-13-10-4-9-5-11(13)8-17(6-9)7-10;/h1-3,9-11,13H,4-8H2;1H/t9?,10-,11-,13?;/m0./s1. The molecule has 5 heteroatoms. The van der Waals surface area contributed by atoms with Crippen molar-refractivity contribution >= 4 is 28.3 Å². The molecule has 1 aromatic heterocycles. The second-order valence-electron chi connectivity index (χ2n) is 5.95. The van der Waals surface area contributed by atoms with Crippen LogP contribution in [0.4, 0.5) is 0 Å². The molecule has 3 aliphatic heterocycles. The maximum atomic E-state index is 6.29. The molecule has 1 saturated carbocycles. The normalized spacial score (nSPS) is 38.9. The van der Waals surface area contributed by atoms with Crippen LogP contribution in [0.3, 0.4) is 0 Å². The molecule has 4 aliphatic rings. The average molecular weight is 346 g/mol. The van der Waals surface area contributed by atoms with Crippen LogP contribution in [0, 0.1) is 17.8 Å². The third-order valence-electron chi connectivity index (χ3n) is 4.69. The molecular weight excluding hydrogens is 328 g/mol. The summed E-state index contributed by atoms with van der Waals surface area (Å²) in [7, 11) is 0. The Morgan fingerprint density at radius 1 is 1.21 bits per heavy atom. The maximum Gasteiger partial charge on any atom is 0.152 e. The van der Waals surface area contributed by atoms with Crippen LogP contribution >= 0.6 is 28.3 Å². The van der Waals surface area contributed by atoms with E-state index in [0.717, 1.165) is 28.1 Å². The van der Waals surface area contributed by atoms with Gasteiger partial charge < -0.3 is 9.64 Å². The molecule has 2 atom stereocenters. The van der Waals surface area contributed by atoms with Gasteiger partial charge in [-0.25, -0.2) is 4.98 Å². The molecule has 1 aromatic rings. The monoisotopic (exact) mass is 344 g/mol. The summed E-state index contributed by atoms with van der Waals surface area (Å²) >= 11 is 3.48. The topological polar surface area (TPSA) is 25.4 Å². The van der Waals surface area contributed by atoms with Crippen LogP contribution in [0.2, 0.25) is 0 Å². The summed E-state index contributed by atoms with van der Waals surface area (Å²) < 4.78 is 7.12. The quantitative estimate of drug-likeness (QED) is 0.771. The lowest BCUT2D eigenvalue weighted by molar-refractivity contribution is -0.0988. The zero-order valence-electron chi connectivity index (χ0n) is 10.7. The molecule has 0 unspecified atom stereocenters. The molecule has 4 heterocycles. The fourth-order valence-electron chi connectivity index (χ4n) is 4.16. The third kappa shape index (κ3) is 2.39. The van der Waals surface area contributed by atoms with Gasteiger partial charge in [-0.05, 0) is 46.8 Å². The second-order valence-corrected chi connectivity index (χ2v) is 6.70. The Kier molecular flexibility index (Phi) is 3.76. The van der Waals surface area contributed by atoms with Gasteiger partial charge in [-0.15, -0.1) is 12.4 Å². The predicted octanol–water partition coefficient (Wildman–Crippen LogP) is 2.98. The summed E-state index contributed by atoms with van der Waals surface area (Å²) in [5.74, 6) is 3.29. The number of hydrogen-bond donors (Lipinski definition) is 0. The van der Waals surface area contributed by atoms with Crippen LogP contribution < -0.4 is 4.74 Å². The number of hydrogen-bond acceptors (Lipinski definition) is 3. The Morgan fingerprint density at radius 3 is 2.58 bits per heavy atom. The van der Waals surface area contributed by atoms with Gasteiger partial charge in [0.05, 0.1) is 0 Å². The van der Waals surface area contributed by atoms with E-state index in [1.165, 1.54) is 32.5 Å². The highest BCUT2D eigenvalue weighted by Crippen LogP contribution is 2.45. The van der Waals surface area contributed by atoms with E-state index in [0.29, 0.717) is 6.10 Å². The van der Waals surface area contributed by atoms with E-state index in [4.69, 9.17) is 4.74 Å². The molecule has 0 aromatic carbocycles. The zero-order valence-corrected chi connectivity index (χ0v) is 13.1. The second kappa shape index (κ2) is 5.23. The molecule has 4 fully saturated rings. The van der Waals surface area contributed by atoms with Crippen LogP contribution in [-0.2, 0) is 0 Å². The maximum absolute atomic E-state index is 6.29. The molecule has 0 amide bonds. The van der Waals surface area contributed by atoms with Crippen LogP contribution in [0.1, 0.15) is 12.8 Å². The molecule has 3 saturated heterocycles. The summed E-state index contributed by atoms with van der Waals surface area (Å²) in [6, 6.07) is 3.96. The number of piperidine rings is 3. The Labute approximate surface area is 128 Å². The van der Waals surface area contributed by atoms with Crippen molar-refractivity contribution in [1.29, 1.82) is 0 Å². The van der Waals surface area contributed by atoms with Crippen molar-refractivity contribution in [2.24, 2.45) is 17.8 Å². The molecule has 4 bridgehead atoms. The van der Waals surface area contributed by atoms with Gasteiger partial charge in [0.15, 0.2) is 5.75 Å². The van der Waals surface area contributed by atoms with E-state index < -0.39 is 0 Å². The lowest BCUT2D eigenvalue weighted by Crippen LogP contribution is -2.61. The SMILES string of the molecule is Brc1ncccc1OC1[C@H]2CC3C[C@H]1CN(C3)C2.Cl. The van der Waals surface area contributed by atoms with E-state index in [2.05, 4.69) is 25.8 Å². The highest BCUT2D eigenvalue weighted by atomic mass is 79.9. The van der Waals surface area contributed by atoms with Gasteiger partial charge in [-0.3, -0.25) is 0 Å². The molecule has 104 valence electrons. The van der Waals surface area contributed by atoms with Gasteiger partial charge in [0.1, 0.15) is 10.7 Å². The smallest absolute Gasteiger partial charge is 0.152 e.